The van der Waals surface area contributed by atoms with Crippen molar-refractivity contribution in [1.29, 1.82) is 0 Å². The van der Waals surface area contributed by atoms with Gasteiger partial charge in [-0.05, 0) is 0 Å². The van der Waals surface area contributed by atoms with Gasteiger partial charge in [0.1, 0.15) is 5.78 Å². The lowest BCUT2D eigenvalue weighted by Gasteiger charge is -2.14. The number of nitrogens with zero attached hydrogens (tertiary/aromatic N) is 2. The fraction of sp³-hybridized carbons (Fsp3) is 0.538. The van der Waals surface area contributed by atoms with E-state index in [1.807, 2.05) is 17.7 Å². The molecule has 1 amide bonds. The number of carbonyl (C=O) groups is 2. The van der Waals surface area contributed by atoms with Crippen molar-refractivity contribution in [2.24, 2.45) is 5.92 Å². The number of nitrogens with one attached hydrogen (secondary N) is 1. The van der Waals surface area contributed by atoms with Crippen LogP contribution in [-0.4, -0.2) is 41.4 Å². The lowest BCUT2D eigenvalue weighted by Crippen LogP contribution is -2.33. The molecule has 1 aromatic heterocycles. The van der Waals surface area contributed by atoms with Crippen LogP contribution in [0.15, 0.2) is 12.5 Å². The molecule has 1 aromatic rings. The Morgan fingerprint density at radius 3 is 2.95 bits per heavy atom. The van der Waals surface area contributed by atoms with Gasteiger partial charge in [0, 0.05) is 31.5 Å². The van der Waals surface area contributed by atoms with Crippen molar-refractivity contribution >= 4 is 26.4 Å². The van der Waals surface area contributed by atoms with E-state index in [0.717, 1.165) is 20.2 Å². The third kappa shape index (κ3) is 5.13. The van der Waals surface area contributed by atoms with Crippen molar-refractivity contribution in [1.82, 2.24) is 14.9 Å². The molecule has 0 aromatic carbocycles. The van der Waals surface area contributed by atoms with Gasteiger partial charge in [-0.1, -0.05) is 21.4 Å². The number of alkyl carbamates (subject to hydrolysis) is 1. The number of rotatable bonds is 8. The van der Waals surface area contributed by atoms with Crippen molar-refractivity contribution in [3.8, 4) is 0 Å². The highest BCUT2D eigenvalue weighted by atomic mass is 31.1. The number of imidazole rings is 1. The Morgan fingerprint density at radius 1 is 1.60 bits per heavy atom. The lowest BCUT2D eigenvalue weighted by atomic mass is 9.97. The van der Waals surface area contributed by atoms with Gasteiger partial charge in [-0.15, -0.1) is 0 Å². The SMILES string of the molecule is C=PCn1cnc(CC(CNC(=O)OC)C(=O)CC)c1. The molecule has 1 rings (SSSR count). The molecule has 1 unspecified atom stereocenters. The minimum absolute atomic E-state index is 0.103. The minimum atomic E-state index is -0.528. The molecule has 0 radical (unpaired) electrons. The molecule has 0 aliphatic rings. The fourth-order valence-corrected chi connectivity index (χ4v) is 2.21. The normalized spacial score (nSPS) is 12.1. The third-order valence-electron chi connectivity index (χ3n) is 2.89. The summed E-state index contributed by atoms with van der Waals surface area (Å²) >= 11 is 0. The molecule has 0 aliphatic carbocycles. The Labute approximate surface area is 120 Å². The van der Waals surface area contributed by atoms with Crippen LogP contribution in [0.5, 0.6) is 0 Å². The Balaban J connectivity index is 2.65. The molecule has 20 heavy (non-hydrogen) atoms. The number of ether oxygens (including phenoxy) is 1. The molecule has 0 aliphatic heterocycles. The van der Waals surface area contributed by atoms with Crippen LogP contribution in [0.2, 0.25) is 0 Å². The first-order valence-electron chi connectivity index (χ1n) is 6.38. The monoisotopic (exact) mass is 297 g/mol. The number of methoxy groups -OCH3 is 1. The zero-order valence-electron chi connectivity index (χ0n) is 11.8. The van der Waals surface area contributed by atoms with Gasteiger partial charge in [0.2, 0.25) is 0 Å². The van der Waals surface area contributed by atoms with Crippen LogP contribution >= 0.6 is 8.20 Å². The van der Waals surface area contributed by atoms with Crippen LogP contribution in [-0.2, 0) is 22.2 Å². The molecule has 1 atom stereocenters. The second-order valence-corrected chi connectivity index (χ2v) is 5.07. The Bertz CT molecular complexity index is 473. The van der Waals surface area contributed by atoms with E-state index in [2.05, 4.69) is 21.3 Å². The van der Waals surface area contributed by atoms with Gasteiger partial charge in [-0.2, -0.15) is 0 Å². The molecular weight excluding hydrogens is 277 g/mol. The summed E-state index contributed by atoms with van der Waals surface area (Å²) in [6.45, 7) is 2.08. The Morgan fingerprint density at radius 2 is 2.35 bits per heavy atom. The van der Waals surface area contributed by atoms with E-state index >= 15 is 0 Å². The Hall–Kier alpha value is -1.68. The topological polar surface area (TPSA) is 73.2 Å². The first kappa shape index (κ1) is 16.4. The number of carbonyl (C=O) groups excluding carboxylic acids is 2. The Kier molecular flexibility index (Phi) is 6.94. The van der Waals surface area contributed by atoms with Gasteiger partial charge in [0.15, 0.2) is 0 Å². The molecule has 7 heteroatoms. The molecule has 0 fully saturated rings. The fourth-order valence-electron chi connectivity index (χ4n) is 1.82. The smallest absolute Gasteiger partial charge is 0.406 e. The van der Waals surface area contributed by atoms with Gasteiger partial charge < -0.3 is 14.6 Å². The van der Waals surface area contributed by atoms with Crippen LogP contribution in [0.4, 0.5) is 4.79 Å². The summed E-state index contributed by atoms with van der Waals surface area (Å²) in [5.74, 6) is -0.175. The summed E-state index contributed by atoms with van der Waals surface area (Å²) in [5.41, 5.74) is 0.840. The highest BCUT2D eigenvalue weighted by Crippen LogP contribution is 2.11. The third-order valence-corrected chi connectivity index (χ3v) is 3.41. The van der Waals surface area contributed by atoms with E-state index in [9.17, 15) is 9.59 Å². The van der Waals surface area contributed by atoms with Crippen LogP contribution in [0.1, 0.15) is 19.0 Å². The number of hydrogen-bond donors (Lipinski definition) is 1. The van der Waals surface area contributed by atoms with Gasteiger partial charge >= 0.3 is 6.09 Å². The van der Waals surface area contributed by atoms with Crippen LogP contribution in [0.25, 0.3) is 0 Å². The molecule has 6 nitrogen and oxygen atoms in total. The maximum absolute atomic E-state index is 11.9. The zero-order chi connectivity index (χ0) is 15.0. The van der Waals surface area contributed by atoms with Gasteiger partial charge in [0.25, 0.3) is 0 Å². The summed E-state index contributed by atoms with van der Waals surface area (Å²) in [6.07, 6.45) is 8.60. The average molecular weight is 297 g/mol. The van der Waals surface area contributed by atoms with Crippen molar-refractivity contribution in [3.05, 3.63) is 18.2 Å². The van der Waals surface area contributed by atoms with Crippen molar-refractivity contribution in [2.75, 3.05) is 13.7 Å². The highest BCUT2D eigenvalue weighted by Gasteiger charge is 2.19. The first-order chi connectivity index (χ1) is 9.60. The second-order valence-electron chi connectivity index (χ2n) is 4.34. The van der Waals surface area contributed by atoms with Crippen LogP contribution in [0.3, 0.4) is 0 Å². The predicted octanol–water partition coefficient (Wildman–Crippen LogP) is 1.71. The van der Waals surface area contributed by atoms with Crippen molar-refractivity contribution in [2.45, 2.75) is 26.1 Å². The zero-order valence-corrected chi connectivity index (χ0v) is 12.7. The molecule has 1 N–H and O–H groups in total. The van der Waals surface area contributed by atoms with E-state index in [0.29, 0.717) is 12.8 Å². The maximum Gasteiger partial charge on any atom is 0.406 e. The number of amides is 1. The summed E-state index contributed by atoms with van der Waals surface area (Å²) < 4.78 is 6.45. The molecule has 0 bridgehead atoms. The highest BCUT2D eigenvalue weighted by molar-refractivity contribution is 7.35. The lowest BCUT2D eigenvalue weighted by molar-refractivity contribution is -0.122. The van der Waals surface area contributed by atoms with E-state index in [-0.39, 0.29) is 18.2 Å². The van der Waals surface area contributed by atoms with Crippen LogP contribution < -0.4 is 5.32 Å². The largest absolute Gasteiger partial charge is 0.453 e. The number of hydrogen-bond acceptors (Lipinski definition) is 4. The average Bonchev–Trinajstić information content (AvgIpc) is 2.89. The predicted molar refractivity (Wildman–Crippen MR) is 79.2 cm³/mol. The van der Waals surface area contributed by atoms with Crippen molar-refractivity contribution < 1.29 is 14.3 Å². The summed E-state index contributed by atoms with van der Waals surface area (Å²) in [4.78, 5) is 27.3. The molecule has 1 heterocycles. The summed E-state index contributed by atoms with van der Waals surface area (Å²) in [7, 11) is 2.31. The molecular formula is C13H20N3O3P. The maximum atomic E-state index is 11.9. The number of aromatic nitrogens is 2. The standard InChI is InChI=1S/C13H20N3O3P/c1-4-12(17)10(6-14-13(18)19-2)5-11-7-16(8-15-11)9-20-3/h7-8,10H,3-6,9H2,1-2H3,(H,14,18). The summed E-state index contributed by atoms with van der Waals surface area (Å²) in [5, 5.41) is 2.57. The number of ketones is 1. The minimum Gasteiger partial charge on any atom is -0.453 e. The quantitative estimate of drug-likeness (QED) is 0.741. The molecule has 0 saturated carbocycles. The van der Waals surface area contributed by atoms with E-state index in [1.54, 1.807) is 6.33 Å². The molecule has 0 spiro atoms. The van der Waals surface area contributed by atoms with Crippen LogP contribution in [0, 0.1) is 5.92 Å². The van der Waals surface area contributed by atoms with E-state index in [1.165, 1.54) is 7.11 Å². The summed E-state index contributed by atoms with van der Waals surface area (Å²) in [6, 6.07) is 0. The molecule has 0 saturated heterocycles. The van der Waals surface area contributed by atoms with Gasteiger partial charge in [-0.25, -0.2) is 9.78 Å². The van der Waals surface area contributed by atoms with E-state index < -0.39 is 6.09 Å². The van der Waals surface area contributed by atoms with Crippen molar-refractivity contribution in [3.63, 3.8) is 0 Å². The molecule has 110 valence electrons. The number of Topliss-reactive ketones (excluding diaryl/α,β-unsaturated/α-hetero) is 1. The van der Waals surface area contributed by atoms with Gasteiger partial charge in [0.05, 0.1) is 25.4 Å². The van der Waals surface area contributed by atoms with Gasteiger partial charge in [-0.3, -0.25) is 4.79 Å². The first-order valence-corrected chi connectivity index (χ1v) is 7.64. The van der Waals surface area contributed by atoms with E-state index in [4.69, 9.17) is 0 Å². The second kappa shape index (κ2) is 8.48.